The predicted molar refractivity (Wildman–Crippen MR) is 116 cm³/mol. The fraction of sp³-hybridized carbons (Fsp3) is 0.286. The molecule has 0 N–H and O–H groups in total. The first-order valence-corrected chi connectivity index (χ1v) is 11.4. The van der Waals surface area contributed by atoms with Crippen LogP contribution in [0.15, 0.2) is 58.6 Å². The van der Waals surface area contributed by atoms with E-state index >= 15 is 0 Å². The highest BCUT2D eigenvalue weighted by atomic mass is 35.5. The monoisotopic (exact) mass is 480 g/mol. The lowest BCUT2D eigenvalue weighted by Gasteiger charge is -2.24. The van der Waals surface area contributed by atoms with Crippen LogP contribution in [0.2, 0.25) is 5.15 Å². The van der Waals surface area contributed by atoms with Gasteiger partial charge in [-0.2, -0.15) is 5.10 Å². The summed E-state index contributed by atoms with van der Waals surface area (Å²) < 4.78 is 47.4. The van der Waals surface area contributed by atoms with Gasteiger partial charge in [-0.05, 0) is 45.0 Å². The Kier molecular flexibility index (Phi) is 6.56. The fourth-order valence-electron chi connectivity index (χ4n) is 2.76. The molecule has 0 radical (unpaired) electrons. The number of amides is 1. The molecule has 2 heterocycles. The highest BCUT2D eigenvalue weighted by molar-refractivity contribution is 7.91. The Morgan fingerprint density at radius 3 is 2.50 bits per heavy atom. The van der Waals surface area contributed by atoms with E-state index in [4.69, 9.17) is 16.3 Å². The van der Waals surface area contributed by atoms with E-state index in [1.807, 2.05) is 0 Å². The summed E-state index contributed by atoms with van der Waals surface area (Å²) in [6, 6.07) is 9.58. The molecule has 0 aliphatic carbocycles. The van der Waals surface area contributed by atoms with Crippen LogP contribution in [0.4, 0.5) is 9.18 Å². The van der Waals surface area contributed by atoms with E-state index in [0.717, 1.165) is 10.9 Å². The molecule has 0 saturated heterocycles. The fourth-order valence-corrected chi connectivity index (χ4v) is 4.21. The number of hydrogen-bond donors (Lipinski definition) is 0. The summed E-state index contributed by atoms with van der Waals surface area (Å²) >= 11 is 5.77. The minimum absolute atomic E-state index is 0.0563. The number of benzene rings is 1. The third-order valence-electron chi connectivity index (χ3n) is 4.20. The zero-order valence-electron chi connectivity index (χ0n) is 17.9. The summed E-state index contributed by atoms with van der Waals surface area (Å²) in [6.07, 6.45) is 0.507. The number of hydrogen-bond acceptors (Lipinski definition) is 6. The lowest BCUT2D eigenvalue weighted by atomic mass is 10.2. The number of rotatable bonds is 5. The normalized spacial score (nSPS) is 11.9. The summed E-state index contributed by atoms with van der Waals surface area (Å²) in [5, 5.41) is 4.12. The maximum absolute atomic E-state index is 14.5. The third-order valence-corrected chi connectivity index (χ3v) is 6.13. The highest BCUT2D eigenvalue weighted by Gasteiger charge is 2.28. The van der Waals surface area contributed by atoms with Crippen molar-refractivity contribution in [1.29, 1.82) is 0 Å². The molecule has 0 aliphatic rings. The van der Waals surface area contributed by atoms with Gasteiger partial charge in [0, 0.05) is 19.3 Å². The van der Waals surface area contributed by atoms with Crippen LogP contribution < -0.4 is 0 Å². The molecule has 8 nitrogen and oxygen atoms in total. The molecule has 3 rings (SSSR count). The Hall–Kier alpha value is -2.98. The molecule has 0 atom stereocenters. The molecule has 11 heteroatoms. The second kappa shape index (κ2) is 8.87. The van der Waals surface area contributed by atoms with Gasteiger partial charge in [0.2, 0.25) is 9.84 Å². The van der Waals surface area contributed by atoms with Crippen LogP contribution >= 0.6 is 11.6 Å². The van der Waals surface area contributed by atoms with Crippen molar-refractivity contribution in [2.75, 3.05) is 7.05 Å². The zero-order chi connectivity index (χ0) is 23.7. The molecule has 0 bridgehead atoms. The Balaban J connectivity index is 2.06. The van der Waals surface area contributed by atoms with Gasteiger partial charge in [0.1, 0.15) is 22.3 Å². The average molecular weight is 481 g/mol. The zero-order valence-corrected chi connectivity index (χ0v) is 19.5. The van der Waals surface area contributed by atoms with Crippen LogP contribution in [-0.4, -0.2) is 46.8 Å². The molecule has 1 aromatic carbocycles. The molecule has 0 aliphatic heterocycles. The van der Waals surface area contributed by atoms with E-state index in [-0.39, 0.29) is 33.0 Å². The number of para-hydroxylation sites is 1. The van der Waals surface area contributed by atoms with Crippen LogP contribution in [0.1, 0.15) is 26.5 Å². The number of pyridine rings is 1. The van der Waals surface area contributed by atoms with E-state index in [1.165, 1.54) is 48.3 Å². The van der Waals surface area contributed by atoms with Crippen LogP contribution in [0, 0.1) is 5.82 Å². The summed E-state index contributed by atoms with van der Waals surface area (Å²) in [5.41, 5.74) is -0.533. The SMILES string of the molecule is CN(Cc1cc(S(=O)(=O)c2ccc(Cl)nc2)n(-c2ccccc2F)n1)C(=O)OC(C)(C)C. The summed E-state index contributed by atoms with van der Waals surface area (Å²) in [4.78, 5) is 17.2. The van der Waals surface area contributed by atoms with Crippen molar-refractivity contribution in [1.82, 2.24) is 19.7 Å². The standard InChI is InChI=1S/C21H22ClFN4O4S/c1-21(2,3)31-20(28)26(4)13-14-11-19(27(25-14)17-8-6-5-7-16(17)23)32(29,30)15-9-10-18(22)24-12-15/h5-12H,13H2,1-4H3. The Morgan fingerprint density at radius 1 is 1.22 bits per heavy atom. The molecular weight excluding hydrogens is 459 g/mol. The van der Waals surface area contributed by atoms with Crippen molar-refractivity contribution in [2.24, 2.45) is 0 Å². The second-order valence-electron chi connectivity index (χ2n) is 7.99. The summed E-state index contributed by atoms with van der Waals surface area (Å²) in [5.74, 6) is -0.659. The minimum atomic E-state index is -4.14. The van der Waals surface area contributed by atoms with Gasteiger partial charge in [0.25, 0.3) is 0 Å². The number of halogens is 2. The molecular formula is C21H22ClFN4O4S. The summed E-state index contributed by atoms with van der Waals surface area (Å²) in [7, 11) is -2.64. The highest BCUT2D eigenvalue weighted by Crippen LogP contribution is 2.26. The number of ether oxygens (including phenoxy) is 1. The molecule has 32 heavy (non-hydrogen) atoms. The lowest BCUT2D eigenvalue weighted by Crippen LogP contribution is -2.33. The van der Waals surface area contributed by atoms with Gasteiger partial charge in [-0.3, -0.25) is 0 Å². The van der Waals surface area contributed by atoms with Gasteiger partial charge in [0.15, 0.2) is 5.03 Å². The molecule has 0 spiro atoms. The summed E-state index contributed by atoms with van der Waals surface area (Å²) in [6.45, 7) is 5.14. The number of carbonyl (C=O) groups excluding carboxylic acids is 1. The number of carbonyl (C=O) groups is 1. The lowest BCUT2D eigenvalue weighted by molar-refractivity contribution is 0.0283. The van der Waals surface area contributed by atoms with Gasteiger partial charge < -0.3 is 9.64 Å². The average Bonchev–Trinajstić information content (AvgIpc) is 3.11. The first kappa shape index (κ1) is 23.7. The first-order chi connectivity index (χ1) is 14.9. The first-order valence-electron chi connectivity index (χ1n) is 9.53. The van der Waals surface area contributed by atoms with E-state index in [2.05, 4.69) is 10.1 Å². The Morgan fingerprint density at radius 2 is 1.91 bits per heavy atom. The maximum atomic E-state index is 14.5. The Labute approximate surface area is 190 Å². The number of nitrogens with zero attached hydrogens (tertiary/aromatic N) is 4. The molecule has 0 saturated carbocycles. The van der Waals surface area contributed by atoms with Crippen molar-refractivity contribution in [2.45, 2.75) is 42.8 Å². The minimum Gasteiger partial charge on any atom is -0.444 e. The van der Waals surface area contributed by atoms with E-state index in [0.29, 0.717) is 0 Å². The van der Waals surface area contributed by atoms with Gasteiger partial charge in [-0.15, -0.1) is 0 Å². The van der Waals surface area contributed by atoms with Crippen LogP contribution in [0.5, 0.6) is 0 Å². The van der Waals surface area contributed by atoms with Crippen LogP contribution in [-0.2, 0) is 21.1 Å². The van der Waals surface area contributed by atoms with Crippen LogP contribution in [0.3, 0.4) is 0 Å². The van der Waals surface area contributed by atoms with E-state index in [9.17, 15) is 17.6 Å². The number of sulfone groups is 1. The maximum Gasteiger partial charge on any atom is 0.410 e. The van der Waals surface area contributed by atoms with Crippen molar-refractivity contribution in [3.63, 3.8) is 0 Å². The van der Waals surface area contributed by atoms with E-state index < -0.39 is 27.3 Å². The van der Waals surface area contributed by atoms with Crippen molar-refractivity contribution in [3.8, 4) is 5.69 Å². The molecule has 3 aromatic rings. The number of aromatic nitrogens is 3. The third kappa shape index (κ3) is 5.25. The molecule has 0 fully saturated rings. The molecule has 2 aromatic heterocycles. The van der Waals surface area contributed by atoms with Gasteiger partial charge in [-0.25, -0.2) is 27.3 Å². The smallest absolute Gasteiger partial charge is 0.410 e. The van der Waals surface area contributed by atoms with Gasteiger partial charge >= 0.3 is 6.09 Å². The molecule has 0 unspecified atom stereocenters. The van der Waals surface area contributed by atoms with Gasteiger partial charge in [-0.1, -0.05) is 23.7 Å². The topological polar surface area (TPSA) is 94.4 Å². The largest absolute Gasteiger partial charge is 0.444 e. The second-order valence-corrected chi connectivity index (χ2v) is 10.3. The molecule has 170 valence electrons. The van der Waals surface area contributed by atoms with Crippen LogP contribution in [0.25, 0.3) is 5.69 Å². The van der Waals surface area contributed by atoms with Crippen molar-refractivity contribution < 1.29 is 22.3 Å². The quantitative estimate of drug-likeness (QED) is 0.506. The predicted octanol–water partition coefficient (Wildman–Crippen LogP) is 4.26. The van der Waals surface area contributed by atoms with E-state index in [1.54, 1.807) is 26.8 Å². The Bertz CT molecular complexity index is 1240. The van der Waals surface area contributed by atoms with Crippen molar-refractivity contribution >= 4 is 27.5 Å². The van der Waals surface area contributed by atoms with Gasteiger partial charge in [0.05, 0.1) is 17.1 Å². The molecule has 1 amide bonds. The van der Waals surface area contributed by atoms with Crippen molar-refractivity contribution in [3.05, 3.63) is 65.3 Å².